The summed E-state index contributed by atoms with van der Waals surface area (Å²) >= 11 is 0. The van der Waals surface area contributed by atoms with Gasteiger partial charge in [-0.25, -0.2) is 0 Å². The van der Waals surface area contributed by atoms with Crippen molar-refractivity contribution in [3.8, 4) is 0 Å². The minimum atomic E-state index is -0.0921. The van der Waals surface area contributed by atoms with Crippen LogP contribution in [0.1, 0.15) is 15.9 Å². The molecule has 0 spiro atoms. The van der Waals surface area contributed by atoms with E-state index in [1.54, 1.807) is 12.1 Å². The van der Waals surface area contributed by atoms with Gasteiger partial charge in [-0.1, -0.05) is 48.5 Å². The summed E-state index contributed by atoms with van der Waals surface area (Å²) in [6.07, 6.45) is 0.290. The molecule has 1 heterocycles. The van der Waals surface area contributed by atoms with Crippen molar-refractivity contribution in [2.75, 3.05) is 38.5 Å². The molecule has 0 aromatic heterocycles. The Kier molecular flexibility index (Phi) is 5.58. The van der Waals surface area contributed by atoms with E-state index < -0.39 is 0 Å². The monoisotopic (exact) mass is 387 g/mol. The number of hydrogen-bond donors (Lipinski definition) is 1. The third kappa shape index (κ3) is 4.46. The van der Waals surface area contributed by atoms with Crippen LogP contribution in [0.25, 0.3) is 10.8 Å². The van der Waals surface area contributed by atoms with Crippen molar-refractivity contribution in [1.82, 2.24) is 9.80 Å². The molecular weight excluding hydrogens is 362 g/mol. The molecule has 3 aromatic rings. The van der Waals surface area contributed by atoms with Crippen LogP contribution in [0.15, 0.2) is 66.7 Å². The van der Waals surface area contributed by atoms with Crippen molar-refractivity contribution in [2.45, 2.75) is 6.42 Å². The SMILES string of the molecule is CN1CCN(C(=O)c2cccc(NC(=O)Cc3cccc4ccccc34)c2)CC1. The summed E-state index contributed by atoms with van der Waals surface area (Å²) in [6, 6.07) is 21.3. The summed E-state index contributed by atoms with van der Waals surface area (Å²) in [7, 11) is 2.06. The first-order valence-corrected chi connectivity index (χ1v) is 9.94. The van der Waals surface area contributed by atoms with Gasteiger partial charge in [0.25, 0.3) is 5.91 Å². The first-order chi connectivity index (χ1) is 14.1. The second kappa shape index (κ2) is 8.45. The Balaban J connectivity index is 1.45. The van der Waals surface area contributed by atoms with E-state index in [4.69, 9.17) is 0 Å². The van der Waals surface area contributed by atoms with Gasteiger partial charge in [-0.2, -0.15) is 0 Å². The van der Waals surface area contributed by atoms with E-state index >= 15 is 0 Å². The summed E-state index contributed by atoms with van der Waals surface area (Å²) in [6.45, 7) is 3.22. The highest BCUT2D eigenvalue weighted by molar-refractivity contribution is 5.99. The smallest absolute Gasteiger partial charge is 0.254 e. The van der Waals surface area contributed by atoms with Gasteiger partial charge in [0.05, 0.1) is 6.42 Å². The summed E-state index contributed by atoms with van der Waals surface area (Å²) in [5.74, 6) is -0.0752. The lowest BCUT2D eigenvalue weighted by Crippen LogP contribution is -2.47. The summed E-state index contributed by atoms with van der Waals surface area (Å²) in [5.41, 5.74) is 2.25. The quantitative estimate of drug-likeness (QED) is 0.746. The van der Waals surface area contributed by atoms with Crippen LogP contribution in [-0.4, -0.2) is 54.8 Å². The van der Waals surface area contributed by atoms with E-state index in [1.165, 1.54) is 0 Å². The molecule has 0 bridgehead atoms. The number of benzene rings is 3. The Morgan fingerprint density at radius 2 is 1.62 bits per heavy atom. The molecular formula is C24H25N3O2. The lowest BCUT2D eigenvalue weighted by atomic mass is 10.0. The highest BCUT2D eigenvalue weighted by Gasteiger charge is 2.20. The lowest BCUT2D eigenvalue weighted by molar-refractivity contribution is -0.115. The highest BCUT2D eigenvalue weighted by atomic mass is 16.2. The average Bonchev–Trinajstić information content (AvgIpc) is 2.74. The molecule has 1 N–H and O–H groups in total. The second-order valence-electron chi connectivity index (χ2n) is 7.54. The van der Waals surface area contributed by atoms with Crippen molar-refractivity contribution >= 4 is 28.3 Å². The first-order valence-electron chi connectivity index (χ1n) is 9.94. The molecule has 0 aliphatic carbocycles. The van der Waals surface area contributed by atoms with E-state index in [0.717, 1.165) is 42.5 Å². The lowest BCUT2D eigenvalue weighted by Gasteiger charge is -2.32. The van der Waals surface area contributed by atoms with E-state index in [-0.39, 0.29) is 18.2 Å². The zero-order valence-corrected chi connectivity index (χ0v) is 16.6. The maximum Gasteiger partial charge on any atom is 0.254 e. The molecule has 148 valence electrons. The van der Waals surface area contributed by atoms with Crippen LogP contribution >= 0.6 is 0 Å². The number of anilines is 1. The number of amides is 2. The normalized spacial score (nSPS) is 14.7. The fourth-order valence-corrected chi connectivity index (χ4v) is 3.75. The molecule has 0 atom stereocenters. The maximum absolute atomic E-state index is 12.8. The fraction of sp³-hybridized carbons (Fsp3) is 0.250. The van der Waals surface area contributed by atoms with Crippen LogP contribution in [0.4, 0.5) is 5.69 Å². The molecule has 5 nitrogen and oxygen atoms in total. The van der Waals surface area contributed by atoms with Crippen LogP contribution in [0, 0.1) is 0 Å². The summed E-state index contributed by atoms with van der Waals surface area (Å²) in [5, 5.41) is 5.15. The number of nitrogens with one attached hydrogen (secondary N) is 1. The molecule has 1 aliphatic rings. The third-order valence-electron chi connectivity index (χ3n) is 5.41. The topological polar surface area (TPSA) is 52.6 Å². The number of fused-ring (bicyclic) bond motifs is 1. The van der Waals surface area contributed by atoms with Crippen LogP contribution in [0.3, 0.4) is 0 Å². The van der Waals surface area contributed by atoms with Crippen LogP contribution in [0.5, 0.6) is 0 Å². The number of carbonyl (C=O) groups is 2. The molecule has 1 fully saturated rings. The maximum atomic E-state index is 12.8. The zero-order valence-electron chi connectivity index (χ0n) is 16.6. The Morgan fingerprint density at radius 1 is 0.897 bits per heavy atom. The molecule has 1 saturated heterocycles. The van der Waals surface area contributed by atoms with Gasteiger partial charge in [0.2, 0.25) is 5.91 Å². The number of rotatable bonds is 4. The molecule has 0 unspecified atom stereocenters. The molecule has 0 radical (unpaired) electrons. The van der Waals surface area contributed by atoms with E-state index in [2.05, 4.69) is 17.3 Å². The molecule has 4 rings (SSSR count). The Hall–Kier alpha value is -3.18. The Bertz CT molecular complexity index is 1030. The molecule has 2 amide bonds. The zero-order chi connectivity index (χ0) is 20.2. The largest absolute Gasteiger partial charge is 0.336 e. The summed E-state index contributed by atoms with van der Waals surface area (Å²) in [4.78, 5) is 29.5. The van der Waals surface area contributed by atoms with Gasteiger partial charge < -0.3 is 15.1 Å². The van der Waals surface area contributed by atoms with Crippen molar-refractivity contribution < 1.29 is 9.59 Å². The van der Waals surface area contributed by atoms with Gasteiger partial charge in [0, 0.05) is 37.4 Å². The number of piperazine rings is 1. The predicted octanol–water partition coefficient (Wildman–Crippen LogP) is 3.41. The van der Waals surface area contributed by atoms with Gasteiger partial charge in [0.15, 0.2) is 0 Å². The van der Waals surface area contributed by atoms with Gasteiger partial charge in [-0.3, -0.25) is 9.59 Å². The van der Waals surface area contributed by atoms with Gasteiger partial charge in [0.1, 0.15) is 0 Å². The van der Waals surface area contributed by atoms with Crippen molar-refractivity contribution in [2.24, 2.45) is 0 Å². The molecule has 29 heavy (non-hydrogen) atoms. The molecule has 5 heteroatoms. The van der Waals surface area contributed by atoms with Crippen LogP contribution in [0.2, 0.25) is 0 Å². The van der Waals surface area contributed by atoms with Gasteiger partial charge >= 0.3 is 0 Å². The number of nitrogens with zero attached hydrogens (tertiary/aromatic N) is 2. The minimum absolute atomic E-state index is 0.0169. The second-order valence-corrected chi connectivity index (χ2v) is 7.54. The van der Waals surface area contributed by atoms with E-state index in [9.17, 15) is 9.59 Å². The van der Waals surface area contributed by atoms with Crippen molar-refractivity contribution in [3.63, 3.8) is 0 Å². The van der Waals surface area contributed by atoms with E-state index in [0.29, 0.717) is 11.3 Å². The molecule has 0 saturated carbocycles. The van der Waals surface area contributed by atoms with Crippen molar-refractivity contribution in [1.29, 1.82) is 0 Å². The minimum Gasteiger partial charge on any atom is -0.336 e. The van der Waals surface area contributed by atoms with E-state index in [1.807, 2.05) is 59.5 Å². The summed E-state index contributed by atoms with van der Waals surface area (Å²) < 4.78 is 0. The Morgan fingerprint density at radius 3 is 2.45 bits per heavy atom. The fourth-order valence-electron chi connectivity index (χ4n) is 3.75. The average molecular weight is 387 g/mol. The number of hydrogen-bond acceptors (Lipinski definition) is 3. The Labute approximate surface area is 170 Å². The first kappa shape index (κ1) is 19.2. The standard InChI is InChI=1S/C24H25N3O2/c1-26-12-14-27(15-13-26)24(29)20-9-5-10-21(16-20)25-23(28)17-19-8-4-7-18-6-2-3-11-22(18)19/h2-11,16H,12-15,17H2,1H3,(H,25,28). The third-order valence-corrected chi connectivity index (χ3v) is 5.41. The number of carbonyl (C=O) groups excluding carboxylic acids is 2. The van der Waals surface area contributed by atoms with Crippen molar-refractivity contribution in [3.05, 3.63) is 77.9 Å². The van der Waals surface area contributed by atoms with Gasteiger partial charge in [-0.05, 0) is 41.6 Å². The number of likely N-dealkylation sites (N-methyl/N-ethyl adjacent to an activating group) is 1. The van der Waals surface area contributed by atoms with Crippen LogP contribution < -0.4 is 5.32 Å². The molecule has 3 aromatic carbocycles. The molecule has 1 aliphatic heterocycles. The van der Waals surface area contributed by atoms with Gasteiger partial charge in [-0.15, -0.1) is 0 Å². The van der Waals surface area contributed by atoms with Crippen LogP contribution in [-0.2, 0) is 11.2 Å². The predicted molar refractivity (Wildman–Crippen MR) is 116 cm³/mol. The highest BCUT2D eigenvalue weighted by Crippen LogP contribution is 2.20.